The van der Waals surface area contributed by atoms with Crippen LogP contribution in [0.2, 0.25) is 0 Å². The third-order valence-corrected chi connectivity index (χ3v) is 5.24. The lowest BCUT2D eigenvalue weighted by Crippen LogP contribution is -2.50. The number of piperidine rings is 1. The van der Waals surface area contributed by atoms with Crippen molar-refractivity contribution in [2.24, 2.45) is 5.92 Å². The van der Waals surface area contributed by atoms with Gasteiger partial charge in [-0.2, -0.15) is 0 Å². The summed E-state index contributed by atoms with van der Waals surface area (Å²) in [4.78, 5) is 28.3. The second-order valence-electron chi connectivity index (χ2n) is 7.02. The van der Waals surface area contributed by atoms with Crippen LogP contribution in [0.5, 0.6) is 0 Å². The first-order valence-corrected chi connectivity index (χ1v) is 8.93. The maximum Gasteiger partial charge on any atom is 0.317 e. The molecule has 0 bridgehead atoms. The molecule has 1 N–H and O–H groups in total. The molecule has 3 rings (SSSR count). The molecule has 1 heterocycles. The van der Waals surface area contributed by atoms with Gasteiger partial charge >= 0.3 is 6.03 Å². The molecule has 130 valence electrons. The molecular weight excluding hydrogens is 302 g/mol. The first kappa shape index (κ1) is 16.8. The van der Waals surface area contributed by atoms with Crippen LogP contribution in [-0.2, 0) is 4.79 Å². The highest BCUT2D eigenvalue weighted by Gasteiger charge is 2.35. The van der Waals surface area contributed by atoms with Crippen LogP contribution in [0.25, 0.3) is 0 Å². The van der Waals surface area contributed by atoms with Gasteiger partial charge in [-0.25, -0.2) is 4.79 Å². The Kier molecular flexibility index (Phi) is 5.07. The Morgan fingerprint density at radius 2 is 1.75 bits per heavy atom. The van der Waals surface area contributed by atoms with Crippen molar-refractivity contribution >= 4 is 11.9 Å². The van der Waals surface area contributed by atoms with Crippen molar-refractivity contribution in [1.29, 1.82) is 0 Å². The molecule has 0 unspecified atom stereocenters. The average molecular weight is 329 g/mol. The van der Waals surface area contributed by atoms with Crippen LogP contribution in [0.1, 0.15) is 44.2 Å². The predicted molar refractivity (Wildman–Crippen MR) is 93.5 cm³/mol. The standard InChI is InChI=1S/C19H27N3O2/c1-14(15-6-4-3-5-7-15)21(2)19(24)20-17-10-12-22(13-11-17)18(23)16-8-9-16/h3-7,14,16-17H,8-13H2,1-2H3,(H,20,24)/t14-/m1/s1. The van der Waals surface area contributed by atoms with E-state index in [-0.39, 0.29) is 24.0 Å². The minimum absolute atomic E-state index is 0.0303. The highest BCUT2D eigenvalue weighted by molar-refractivity contribution is 5.81. The van der Waals surface area contributed by atoms with Crippen LogP contribution in [0.3, 0.4) is 0 Å². The number of benzene rings is 1. The predicted octanol–water partition coefficient (Wildman–Crippen LogP) is 2.79. The van der Waals surface area contributed by atoms with Gasteiger partial charge in [0.25, 0.3) is 0 Å². The topological polar surface area (TPSA) is 52.7 Å². The van der Waals surface area contributed by atoms with Gasteiger partial charge in [-0.3, -0.25) is 4.79 Å². The highest BCUT2D eigenvalue weighted by Crippen LogP contribution is 2.32. The molecule has 1 aliphatic carbocycles. The van der Waals surface area contributed by atoms with E-state index in [2.05, 4.69) is 5.32 Å². The van der Waals surface area contributed by atoms with E-state index in [0.717, 1.165) is 44.3 Å². The number of hydrogen-bond donors (Lipinski definition) is 1. The van der Waals surface area contributed by atoms with Crippen molar-refractivity contribution in [1.82, 2.24) is 15.1 Å². The molecule has 2 aliphatic rings. The van der Waals surface area contributed by atoms with Gasteiger partial charge in [-0.1, -0.05) is 30.3 Å². The van der Waals surface area contributed by atoms with Gasteiger partial charge in [0.1, 0.15) is 0 Å². The number of nitrogens with one attached hydrogen (secondary N) is 1. The SMILES string of the molecule is C[C@H](c1ccccc1)N(C)C(=O)NC1CCN(C(=O)C2CC2)CC1. The second-order valence-corrected chi connectivity index (χ2v) is 7.02. The Bertz CT molecular complexity index is 578. The Labute approximate surface area is 144 Å². The van der Waals surface area contributed by atoms with Gasteiger partial charge in [0.2, 0.25) is 5.91 Å². The number of rotatable bonds is 4. The van der Waals surface area contributed by atoms with Crippen LogP contribution in [0.4, 0.5) is 4.79 Å². The summed E-state index contributed by atoms with van der Waals surface area (Å²) < 4.78 is 0. The lowest BCUT2D eigenvalue weighted by atomic mass is 10.0. The Morgan fingerprint density at radius 3 is 2.33 bits per heavy atom. The molecule has 0 radical (unpaired) electrons. The van der Waals surface area contributed by atoms with Crippen LogP contribution in [-0.4, -0.2) is 47.9 Å². The summed E-state index contributed by atoms with van der Waals surface area (Å²) in [5.41, 5.74) is 1.12. The Balaban J connectivity index is 1.47. The molecule has 5 nitrogen and oxygen atoms in total. The van der Waals surface area contributed by atoms with Crippen LogP contribution in [0.15, 0.2) is 30.3 Å². The van der Waals surface area contributed by atoms with E-state index in [9.17, 15) is 9.59 Å². The van der Waals surface area contributed by atoms with Crippen molar-refractivity contribution in [3.8, 4) is 0 Å². The van der Waals surface area contributed by atoms with Crippen molar-refractivity contribution in [2.75, 3.05) is 20.1 Å². The first-order chi connectivity index (χ1) is 11.6. The number of carbonyl (C=O) groups is 2. The number of amides is 3. The van der Waals surface area contributed by atoms with Gasteiger partial charge < -0.3 is 15.1 Å². The third kappa shape index (κ3) is 3.89. The normalized spacial score (nSPS) is 19.7. The van der Waals surface area contributed by atoms with Gasteiger partial charge in [-0.15, -0.1) is 0 Å². The quantitative estimate of drug-likeness (QED) is 0.923. The number of hydrogen-bond acceptors (Lipinski definition) is 2. The van der Waals surface area contributed by atoms with Crippen molar-refractivity contribution < 1.29 is 9.59 Å². The van der Waals surface area contributed by atoms with Crippen molar-refractivity contribution in [3.63, 3.8) is 0 Å². The van der Waals surface area contributed by atoms with Crippen LogP contribution < -0.4 is 5.32 Å². The summed E-state index contributed by atoms with van der Waals surface area (Å²) in [6.45, 7) is 3.56. The molecule has 0 aromatic heterocycles. The fraction of sp³-hybridized carbons (Fsp3) is 0.579. The van der Waals surface area contributed by atoms with E-state index in [0.29, 0.717) is 5.91 Å². The maximum absolute atomic E-state index is 12.5. The summed E-state index contributed by atoms with van der Waals surface area (Å²) >= 11 is 0. The zero-order valence-corrected chi connectivity index (χ0v) is 14.6. The number of likely N-dealkylation sites (tertiary alicyclic amines) is 1. The number of nitrogens with zero attached hydrogens (tertiary/aromatic N) is 2. The van der Waals surface area contributed by atoms with E-state index in [1.807, 2.05) is 49.2 Å². The second kappa shape index (κ2) is 7.24. The van der Waals surface area contributed by atoms with E-state index in [1.165, 1.54) is 0 Å². The fourth-order valence-electron chi connectivity index (χ4n) is 3.24. The largest absolute Gasteiger partial charge is 0.342 e. The Morgan fingerprint density at radius 1 is 1.12 bits per heavy atom. The fourth-order valence-corrected chi connectivity index (χ4v) is 3.24. The van der Waals surface area contributed by atoms with E-state index in [4.69, 9.17) is 0 Å². The zero-order valence-electron chi connectivity index (χ0n) is 14.6. The highest BCUT2D eigenvalue weighted by atomic mass is 16.2. The molecule has 2 fully saturated rings. The van der Waals surface area contributed by atoms with E-state index in [1.54, 1.807) is 4.90 Å². The molecule has 24 heavy (non-hydrogen) atoms. The van der Waals surface area contributed by atoms with Crippen molar-refractivity contribution in [3.05, 3.63) is 35.9 Å². The van der Waals surface area contributed by atoms with Gasteiger partial charge in [0, 0.05) is 32.1 Å². The molecular formula is C19H27N3O2. The van der Waals surface area contributed by atoms with Gasteiger partial charge in [0.05, 0.1) is 6.04 Å². The summed E-state index contributed by atoms with van der Waals surface area (Å²) in [5.74, 6) is 0.601. The smallest absolute Gasteiger partial charge is 0.317 e. The van der Waals surface area contributed by atoms with Crippen LogP contribution >= 0.6 is 0 Å². The lowest BCUT2D eigenvalue weighted by Gasteiger charge is -2.34. The van der Waals surface area contributed by atoms with E-state index < -0.39 is 0 Å². The molecule has 5 heteroatoms. The van der Waals surface area contributed by atoms with Gasteiger partial charge in [-0.05, 0) is 38.2 Å². The van der Waals surface area contributed by atoms with Gasteiger partial charge in [0.15, 0.2) is 0 Å². The summed E-state index contributed by atoms with van der Waals surface area (Å²) in [6.07, 6.45) is 3.80. The third-order valence-electron chi connectivity index (χ3n) is 5.24. The summed E-state index contributed by atoms with van der Waals surface area (Å²) in [6, 6.07) is 10.2. The monoisotopic (exact) mass is 329 g/mol. The molecule has 1 saturated carbocycles. The molecule has 1 aliphatic heterocycles. The molecule has 1 aromatic carbocycles. The zero-order chi connectivity index (χ0) is 17.1. The number of urea groups is 1. The van der Waals surface area contributed by atoms with Crippen LogP contribution in [0, 0.1) is 5.92 Å². The summed E-state index contributed by atoms with van der Waals surface area (Å²) in [7, 11) is 1.83. The van der Waals surface area contributed by atoms with Crippen molar-refractivity contribution in [2.45, 2.75) is 44.7 Å². The summed E-state index contributed by atoms with van der Waals surface area (Å²) in [5, 5.41) is 3.12. The lowest BCUT2D eigenvalue weighted by molar-refractivity contribution is -0.133. The molecule has 1 aromatic rings. The first-order valence-electron chi connectivity index (χ1n) is 8.93. The molecule has 1 saturated heterocycles. The minimum atomic E-state index is -0.0432. The van der Waals surface area contributed by atoms with E-state index >= 15 is 0 Å². The molecule has 3 amide bonds. The Hall–Kier alpha value is -2.04. The minimum Gasteiger partial charge on any atom is -0.342 e. The number of carbonyl (C=O) groups excluding carboxylic acids is 2. The maximum atomic E-state index is 12.5. The average Bonchev–Trinajstić information content (AvgIpc) is 3.46. The molecule has 0 spiro atoms. The molecule has 1 atom stereocenters.